The predicted molar refractivity (Wildman–Crippen MR) is 59.7 cm³/mol. The second kappa shape index (κ2) is 5.28. The Bertz CT molecular complexity index is 192. The molecule has 0 aromatic rings. The topological polar surface area (TPSA) is 44.5 Å². The van der Waals surface area contributed by atoms with Gasteiger partial charge in [-0.2, -0.15) is 0 Å². The van der Waals surface area contributed by atoms with Crippen molar-refractivity contribution in [2.24, 2.45) is 11.7 Å². The lowest BCUT2D eigenvalue weighted by Gasteiger charge is -2.32. The minimum absolute atomic E-state index is 0.239. The van der Waals surface area contributed by atoms with Crippen LogP contribution in [0.5, 0.6) is 0 Å². The van der Waals surface area contributed by atoms with Crippen molar-refractivity contribution in [2.45, 2.75) is 57.3 Å². The first-order chi connectivity index (χ1) is 7.25. The van der Waals surface area contributed by atoms with E-state index in [2.05, 4.69) is 6.92 Å². The van der Waals surface area contributed by atoms with Crippen molar-refractivity contribution in [1.29, 1.82) is 0 Å². The average Bonchev–Trinajstić information content (AvgIpc) is 2.72. The molecule has 3 nitrogen and oxygen atoms in total. The molecule has 2 rings (SSSR count). The molecule has 2 aliphatic rings. The molecule has 0 amide bonds. The van der Waals surface area contributed by atoms with E-state index < -0.39 is 0 Å². The second-order valence-electron chi connectivity index (χ2n) is 5.09. The zero-order chi connectivity index (χ0) is 10.7. The summed E-state index contributed by atoms with van der Waals surface area (Å²) in [4.78, 5) is 0. The van der Waals surface area contributed by atoms with E-state index >= 15 is 0 Å². The zero-order valence-corrected chi connectivity index (χ0v) is 9.65. The van der Waals surface area contributed by atoms with Crippen molar-refractivity contribution in [3.05, 3.63) is 0 Å². The summed E-state index contributed by atoms with van der Waals surface area (Å²) >= 11 is 0. The summed E-state index contributed by atoms with van der Waals surface area (Å²) in [6.45, 7) is 3.93. The molecular formula is C12H23NO2. The first-order valence-corrected chi connectivity index (χ1v) is 6.24. The van der Waals surface area contributed by atoms with Gasteiger partial charge in [-0.3, -0.25) is 0 Å². The van der Waals surface area contributed by atoms with Gasteiger partial charge in [-0.05, 0) is 38.0 Å². The number of rotatable bonds is 3. The number of ether oxygens (including phenoxy) is 2. The van der Waals surface area contributed by atoms with Gasteiger partial charge in [-0.1, -0.05) is 6.92 Å². The molecular weight excluding hydrogens is 190 g/mol. The van der Waals surface area contributed by atoms with Crippen molar-refractivity contribution >= 4 is 0 Å². The molecule has 1 saturated carbocycles. The Labute approximate surface area is 92.3 Å². The minimum atomic E-state index is 0.239. The van der Waals surface area contributed by atoms with Crippen LogP contribution in [0, 0.1) is 5.92 Å². The molecule has 15 heavy (non-hydrogen) atoms. The van der Waals surface area contributed by atoms with Gasteiger partial charge in [0.1, 0.15) is 0 Å². The number of hydrogen-bond donors (Lipinski definition) is 1. The highest BCUT2D eigenvalue weighted by Crippen LogP contribution is 2.26. The van der Waals surface area contributed by atoms with Gasteiger partial charge in [0.2, 0.25) is 0 Å². The van der Waals surface area contributed by atoms with Crippen molar-refractivity contribution < 1.29 is 9.47 Å². The van der Waals surface area contributed by atoms with Gasteiger partial charge in [0, 0.05) is 12.6 Å². The van der Waals surface area contributed by atoms with Crippen molar-refractivity contribution in [2.75, 3.05) is 13.2 Å². The SMILES string of the molecule is CC1CCC(N)C(OCC2CCCO2)C1. The molecule has 4 atom stereocenters. The van der Waals surface area contributed by atoms with Gasteiger partial charge in [-0.15, -0.1) is 0 Å². The van der Waals surface area contributed by atoms with E-state index in [1.165, 1.54) is 12.8 Å². The van der Waals surface area contributed by atoms with E-state index in [4.69, 9.17) is 15.2 Å². The summed E-state index contributed by atoms with van der Waals surface area (Å²) in [7, 11) is 0. The molecule has 2 fully saturated rings. The van der Waals surface area contributed by atoms with Crippen LogP contribution in [0.4, 0.5) is 0 Å². The Morgan fingerprint density at radius 1 is 1.33 bits per heavy atom. The zero-order valence-electron chi connectivity index (χ0n) is 9.65. The van der Waals surface area contributed by atoms with Gasteiger partial charge >= 0.3 is 0 Å². The fraction of sp³-hybridized carbons (Fsp3) is 1.00. The number of hydrogen-bond acceptors (Lipinski definition) is 3. The van der Waals surface area contributed by atoms with Gasteiger partial charge in [0.05, 0.1) is 18.8 Å². The smallest absolute Gasteiger partial charge is 0.0809 e. The first kappa shape index (κ1) is 11.4. The van der Waals surface area contributed by atoms with Crippen LogP contribution in [0.25, 0.3) is 0 Å². The van der Waals surface area contributed by atoms with Crippen molar-refractivity contribution in [1.82, 2.24) is 0 Å². The summed E-state index contributed by atoms with van der Waals surface area (Å²) in [5.74, 6) is 0.763. The van der Waals surface area contributed by atoms with Crippen LogP contribution in [0.3, 0.4) is 0 Å². The fourth-order valence-electron chi connectivity index (χ4n) is 2.55. The molecule has 1 aliphatic heterocycles. The predicted octanol–water partition coefficient (Wildman–Crippen LogP) is 1.70. The van der Waals surface area contributed by atoms with Crippen molar-refractivity contribution in [3.63, 3.8) is 0 Å². The highest BCUT2D eigenvalue weighted by atomic mass is 16.5. The Morgan fingerprint density at radius 2 is 2.20 bits per heavy atom. The van der Waals surface area contributed by atoms with Gasteiger partial charge in [0.25, 0.3) is 0 Å². The normalized spacial score (nSPS) is 42.0. The molecule has 3 heteroatoms. The summed E-state index contributed by atoms with van der Waals surface area (Å²) in [6, 6.07) is 0.239. The van der Waals surface area contributed by atoms with E-state index in [1.807, 2.05) is 0 Å². The van der Waals surface area contributed by atoms with Crippen LogP contribution >= 0.6 is 0 Å². The van der Waals surface area contributed by atoms with E-state index in [9.17, 15) is 0 Å². The van der Waals surface area contributed by atoms with Crippen LogP contribution in [-0.4, -0.2) is 31.5 Å². The van der Waals surface area contributed by atoms with Gasteiger partial charge in [0.15, 0.2) is 0 Å². The maximum atomic E-state index is 6.06. The van der Waals surface area contributed by atoms with Crippen LogP contribution < -0.4 is 5.73 Å². The highest BCUT2D eigenvalue weighted by Gasteiger charge is 2.27. The second-order valence-corrected chi connectivity index (χ2v) is 5.09. The van der Waals surface area contributed by atoms with E-state index in [-0.39, 0.29) is 12.1 Å². The lowest BCUT2D eigenvalue weighted by molar-refractivity contribution is -0.0468. The lowest BCUT2D eigenvalue weighted by Crippen LogP contribution is -2.42. The maximum Gasteiger partial charge on any atom is 0.0809 e. The Kier molecular flexibility index (Phi) is 4.00. The molecule has 0 aromatic carbocycles. The maximum absolute atomic E-state index is 6.06. The van der Waals surface area contributed by atoms with Crippen LogP contribution in [0.2, 0.25) is 0 Å². The Balaban J connectivity index is 1.72. The summed E-state index contributed by atoms with van der Waals surface area (Å²) in [6.07, 6.45) is 6.40. The average molecular weight is 213 g/mol. The molecule has 88 valence electrons. The summed E-state index contributed by atoms with van der Waals surface area (Å²) in [5.41, 5.74) is 6.06. The monoisotopic (exact) mass is 213 g/mol. The van der Waals surface area contributed by atoms with Crippen molar-refractivity contribution in [3.8, 4) is 0 Å². The van der Waals surface area contributed by atoms with Crippen LogP contribution in [0.1, 0.15) is 39.0 Å². The molecule has 0 bridgehead atoms. The third-order valence-electron chi connectivity index (χ3n) is 3.63. The fourth-order valence-corrected chi connectivity index (χ4v) is 2.55. The first-order valence-electron chi connectivity index (χ1n) is 6.24. The molecule has 0 radical (unpaired) electrons. The molecule has 0 aromatic heterocycles. The largest absolute Gasteiger partial charge is 0.376 e. The lowest BCUT2D eigenvalue weighted by atomic mass is 9.85. The van der Waals surface area contributed by atoms with Crippen LogP contribution in [-0.2, 0) is 9.47 Å². The molecule has 4 unspecified atom stereocenters. The number of nitrogens with two attached hydrogens (primary N) is 1. The quantitative estimate of drug-likeness (QED) is 0.776. The van der Waals surface area contributed by atoms with Gasteiger partial charge in [-0.25, -0.2) is 0 Å². The van der Waals surface area contributed by atoms with E-state index in [0.29, 0.717) is 6.10 Å². The summed E-state index contributed by atoms with van der Waals surface area (Å²) in [5, 5.41) is 0. The van der Waals surface area contributed by atoms with E-state index in [0.717, 1.165) is 38.4 Å². The third-order valence-corrected chi connectivity index (χ3v) is 3.63. The molecule has 2 N–H and O–H groups in total. The van der Waals surface area contributed by atoms with E-state index in [1.54, 1.807) is 0 Å². The molecule has 1 saturated heterocycles. The third kappa shape index (κ3) is 3.16. The van der Waals surface area contributed by atoms with Gasteiger partial charge < -0.3 is 15.2 Å². The molecule has 1 heterocycles. The molecule has 1 aliphatic carbocycles. The Morgan fingerprint density at radius 3 is 2.93 bits per heavy atom. The summed E-state index contributed by atoms with van der Waals surface area (Å²) < 4.78 is 11.4. The van der Waals surface area contributed by atoms with Crippen LogP contribution in [0.15, 0.2) is 0 Å². The standard InChI is InChI=1S/C12H23NO2/c1-9-4-5-11(13)12(7-9)15-8-10-3-2-6-14-10/h9-12H,2-8,13H2,1H3. The molecule has 0 spiro atoms. The highest BCUT2D eigenvalue weighted by molar-refractivity contribution is 4.82. The Hall–Kier alpha value is -0.120. The minimum Gasteiger partial charge on any atom is -0.376 e.